The molecular formula is C14H23N3O2S. The zero-order chi connectivity index (χ0) is 14.4. The first-order valence-electron chi connectivity index (χ1n) is 7.05. The fraction of sp³-hybridized carbons (Fsp3) is 0.571. The summed E-state index contributed by atoms with van der Waals surface area (Å²) in [6, 6.07) is 10.0. The number of nitrogens with one attached hydrogen (secondary N) is 2. The number of rotatable bonds is 7. The molecule has 1 fully saturated rings. The summed E-state index contributed by atoms with van der Waals surface area (Å²) in [7, 11) is -1.31. The standard InChI is InChI=1S/C14H23N3O2S/c1-17-11-5-8-14(17)9-10-15-20(18,19)16-12-13-6-3-2-4-7-13/h2-4,6-7,14-16H,5,8-12H2,1H3/t14-/m0/s1. The number of likely N-dealkylation sites (tertiary alicyclic amines) is 1. The van der Waals surface area contributed by atoms with Gasteiger partial charge in [0.1, 0.15) is 0 Å². The largest absolute Gasteiger partial charge is 0.303 e. The fourth-order valence-electron chi connectivity index (χ4n) is 2.53. The Labute approximate surface area is 121 Å². The molecule has 112 valence electrons. The Kier molecular flexibility index (Phi) is 5.54. The van der Waals surface area contributed by atoms with Crippen molar-refractivity contribution < 1.29 is 8.42 Å². The van der Waals surface area contributed by atoms with Gasteiger partial charge in [0.2, 0.25) is 0 Å². The molecule has 0 aromatic heterocycles. The van der Waals surface area contributed by atoms with Gasteiger partial charge in [0.15, 0.2) is 0 Å². The minimum Gasteiger partial charge on any atom is -0.303 e. The van der Waals surface area contributed by atoms with Crippen LogP contribution in [0.4, 0.5) is 0 Å². The first-order chi connectivity index (χ1) is 9.57. The second-order valence-corrected chi connectivity index (χ2v) is 6.85. The van der Waals surface area contributed by atoms with E-state index in [2.05, 4.69) is 21.4 Å². The molecule has 0 spiro atoms. The molecule has 0 bridgehead atoms. The Morgan fingerprint density at radius 2 is 2.00 bits per heavy atom. The third kappa shape index (κ3) is 4.86. The average Bonchev–Trinajstić information content (AvgIpc) is 2.83. The topological polar surface area (TPSA) is 61.4 Å². The smallest absolute Gasteiger partial charge is 0.277 e. The van der Waals surface area contributed by atoms with Crippen molar-refractivity contribution in [2.24, 2.45) is 0 Å². The zero-order valence-electron chi connectivity index (χ0n) is 11.9. The van der Waals surface area contributed by atoms with Gasteiger partial charge in [-0.1, -0.05) is 30.3 Å². The molecule has 0 amide bonds. The number of nitrogens with zero attached hydrogens (tertiary/aromatic N) is 1. The molecule has 2 N–H and O–H groups in total. The van der Waals surface area contributed by atoms with E-state index in [-0.39, 0.29) is 0 Å². The molecule has 1 aliphatic rings. The van der Waals surface area contributed by atoms with E-state index >= 15 is 0 Å². The van der Waals surface area contributed by atoms with Gasteiger partial charge < -0.3 is 4.90 Å². The van der Waals surface area contributed by atoms with Crippen molar-refractivity contribution in [1.29, 1.82) is 0 Å². The van der Waals surface area contributed by atoms with Gasteiger partial charge in [-0.3, -0.25) is 0 Å². The average molecular weight is 297 g/mol. The van der Waals surface area contributed by atoms with Crippen LogP contribution >= 0.6 is 0 Å². The van der Waals surface area contributed by atoms with Crippen LogP contribution in [0.2, 0.25) is 0 Å². The van der Waals surface area contributed by atoms with E-state index in [1.54, 1.807) is 0 Å². The summed E-state index contributed by atoms with van der Waals surface area (Å²) < 4.78 is 28.8. The fourth-order valence-corrected chi connectivity index (χ4v) is 3.37. The zero-order valence-corrected chi connectivity index (χ0v) is 12.7. The van der Waals surface area contributed by atoms with Crippen molar-refractivity contribution in [2.45, 2.75) is 31.8 Å². The highest BCUT2D eigenvalue weighted by Gasteiger charge is 2.20. The van der Waals surface area contributed by atoms with Gasteiger partial charge in [0.25, 0.3) is 10.2 Å². The maximum atomic E-state index is 11.8. The van der Waals surface area contributed by atoms with Gasteiger partial charge in [-0.2, -0.15) is 13.1 Å². The lowest BCUT2D eigenvalue weighted by Crippen LogP contribution is -2.38. The molecular weight excluding hydrogens is 274 g/mol. The summed E-state index contributed by atoms with van der Waals surface area (Å²) in [4.78, 5) is 2.30. The molecule has 1 aliphatic heterocycles. The molecule has 5 nitrogen and oxygen atoms in total. The van der Waals surface area contributed by atoms with Crippen LogP contribution < -0.4 is 9.44 Å². The summed E-state index contributed by atoms with van der Waals surface area (Å²) in [5.41, 5.74) is 0.952. The van der Waals surface area contributed by atoms with Gasteiger partial charge in [0.05, 0.1) is 0 Å². The molecule has 1 atom stereocenters. The van der Waals surface area contributed by atoms with Crippen molar-refractivity contribution in [3.63, 3.8) is 0 Å². The first kappa shape index (κ1) is 15.4. The molecule has 0 unspecified atom stereocenters. The second-order valence-electron chi connectivity index (χ2n) is 5.27. The monoisotopic (exact) mass is 297 g/mol. The van der Waals surface area contributed by atoms with Gasteiger partial charge in [0, 0.05) is 19.1 Å². The van der Waals surface area contributed by atoms with Gasteiger partial charge in [-0.25, -0.2) is 4.72 Å². The van der Waals surface area contributed by atoms with E-state index in [1.165, 1.54) is 6.42 Å². The van der Waals surface area contributed by atoms with E-state index < -0.39 is 10.2 Å². The maximum absolute atomic E-state index is 11.8. The minimum absolute atomic E-state index is 0.319. The van der Waals surface area contributed by atoms with E-state index in [4.69, 9.17) is 0 Å². The molecule has 1 saturated heterocycles. The van der Waals surface area contributed by atoms with Crippen LogP contribution in [-0.4, -0.2) is 39.5 Å². The highest BCUT2D eigenvalue weighted by atomic mass is 32.2. The SMILES string of the molecule is CN1CCC[C@H]1CCNS(=O)(=O)NCc1ccccc1. The number of benzene rings is 1. The minimum atomic E-state index is -3.41. The van der Waals surface area contributed by atoms with Crippen LogP contribution in [-0.2, 0) is 16.8 Å². The molecule has 6 heteroatoms. The Balaban J connectivity index is 1.71. The highest BCUT2D eigenvalue weighted by Crippen LogP contribution is 2.16. The van der Waals surface area contributed by atoms with E-state index in [1.807, 2.05) is 30.3 Å². The lowest BCUT2D eigenvalue weighted by atomic mass is 10.1. The number of hydrogen-bond donors (Lipinski definition) is 2. The van der Waals surface area contributed by atoms with Gasteiger partial charge in [-0.15, -0.1) is 0 Å². The molecule has 0 aliphatic carbocycles. The summed E-state index contributed by atoms with van der Waals surface area (Å²) in [5, 5.41) is 0. The third-order valence-electron chi connectivity index (χ3n) is 3.75. The van der Waals surface area contributed by atoms with Crippen molar-refractivity contribution in [3.8, 4) is 0 Å². The molecule has 1 heterocycles. The van der Waals surface area contributed by atoms with Crippen LogP contribution in [0, 0.1) is 0 Å². The molecule has 2 rings (SSSR count). The number of hydrogen-bond acceptors (Lipinski definition) is 3. The van der Waals surface area contributed by atoms with Crippen molar-refractivity contribution >= 4 is 10.2 Å². The van der Waals surface area contributed by atoms with Gasteiger partial charge in [-0.05, 0) is 38.4 Å². The third-order valence-corrected chi connectivity index (χ3v) is 4.86. The van der Waals surface area contributed by atoms with Crippen LogP contribution in [0.15, 0.2) is 30.3 Å². The summed E-state index contributed by atoms with van der Waals surface area (Å²) in [6.07, 6.45) is 3.23. The van der Waals surface area contributed by atoms with E-state index in [0.717, 1.165) is 24.9 Å². The molecule has 0 radical (unpaired) electrons. The van der Waals surface area contributed by atoms with E-state index in [9.17, 15) is 8.42 Å². The van der Waals surface area contributed by atoms with E-state index in [0.29, 0.717) is 19.1 Å². The molecule has 0 saturated carbocycles. The molecule has 20 heavy (non-hydrogen) atoms. The normalized spacial score (nSPS) is 20.4. The van der Waals surface area contributed by atoms with Crippen LogP contribution in [0.5, 0.6) is 0 Å². The van der Waals surface area contributed by atoms with Crippen LogP contribution in [0.1, 0.15) is 24.8 Å². The summed E-state index contributed by atoms with van der Waals surface area (Å²) >= 11 is 0. The molecule has 1 aromatic rings. The Bertz CT molecular complexity index is 504. The lowest BCUT2D eigenvalue weighted by molar-refractivity contribution is 0.297. The predicted molar refractivity (Wildman–Crippen MR) is 80.5 cm³/mol. The predicted octanol–water partition coefficient (Wildman–Crippen LogP) is 1.09. The molecule has 1 aromatic carbocycles. The second kappa shape index (κ2) is 7.17. The Hall–Kier alpha value is -0.950. The van der Waals surface area contributed by atoms with Gasteiger partial charge >= 0.3 is 0 Å². The van der Waals surface area contributed by atoms with Crippen molar-refractivity contribution in [1.82, 2.24) is 14.3 Å². The lowest BCUT2D eigenvalue weighted by Gasteiger charge is -2.19. The van der Waals surface area contributed by atoms with Crippen molar-refractivity contribution in [3.05, 3.63) is 35.9 Å². The Morgan fingerprint density at radius 3 is 2.65 bits per heavy atom. The summed E-state index contributed by atoms with van der Waals surface area (Å²) in [6.45, 7) is 1.92. The highest BCUT2D eigenvalue weighted by molar-refractivity contribution is 7.87. The van der Waals surface area contributed by atoms with Crippen LogP contribution in [0.25, 0.3) is 0 Å². The quantitative estimate of drug-likeness (QED) is 0.792. The van der Waals surface area contributed by atoms with Crippen LogP contribution in [0.3, 0.4) is 0 Å². The van der Waals surface area contributed by atoms with Crippen molar-refractivity contribution in [2.75, 3.05) is 20.1 Å². The first-order valence-corrected chi connectivity index (χ1v) is 8.53. The maximum Gasteiger partial charge on any atom is 0.277 e. The summed E-state index contributed by atoms with van der Waals surface area (Å²) in [5.74, 6) is 0. The Morgan fingerprint density at radius 1 is 1.25 bits per heavy atom.